The van der Waals surface area contributed by atoms with Gasteiger partial charge in [-0.3, -0.25) is 19.2 Å². The van der Waals surface area contributed by atoms with E-state index in [0.717, 1.165) is 18.4 Å². The number of likely N-dealkylation sites (tertiary alicyclic amines) is 1. The number of urea groups is 1. The van der Waals surface area contributed by atoms with Crippen molar-refractivity contribution in [3.05, 3.63) is 35.9 Å². The fraction of sp³-hybridized carbons (Fsp3) is 0.647. The molecule has 1 aliphatic heterocycles. The predicted molar refractivity (Wildman–Crippen MR) is 172 cm³/mol. The van der Waals surface area contributed by atoms with E-state index in [-0.39, 0.29) is 36.8 Å². The standard InChI is InChI=1S/C34H51N5O7/c1-19(2)23-15-16-39(26(23)30(42)36-24(17-21-13-14-21)27(40)29(35)41)31(43)28(34(5,6)7)38-33(45)37-25(20(3)4)32(44)46-18-22-11-9-8-10-12-22/h8-12,19-21,23-26,28H,13-18H2,1-7H3,(H2,35,41)(H,36,42)(H2,37,38,45)/t23?,24?,25-,26-,28+/m0/s1. The van der Waals surface area contributed by atoms with Crippen molar-refractivity contribution in [3.8, 4) is 0 Å². The summed E-state index contributed by atoms with van der Waals surface area (Å²) in [6.07, 6.45) is 2.68. The van der Waals surface area contributed by atoms with Gasteiger partial charge >= 0.3 is 12.0 Å². The number of carbonyl (C=O) groups is 6. The molecule has 1 heterocycles. The number of ether oxygens (including phenoxy) is 1. The highest BCUT2D eigenvalue weighted by atomic mass is 16.5. The Morgan fingerprint density at radius 1 is 0.935 bits per heavy atom. The summed E-state index contributed by atoms with van der Waals surface area (Å²) in [7, 11) is 0. The van der Waals surface area contributed by atoms with Gasteiger partial charge in [-0.25, -0.2) is 9.59 Å². The molecule has 0 bridgehead atoms. The highest BCUT2D eigenvalue weighted by Crippen LogP contribution is 2.35. The minimum Gasteiger partial charge on any atom is -0.459 e. The molecule has 46 heavy (non-hydrogen) atoms. The molecule has 0 aromatic heterocycles. The first-order chi connectivity index (χ1) is 21.5. The van der Waals surface area contributed by atoms with Gasteiger partial charge in [-0.15, -0.1) is 0 Å². The molecule has 0 spiro atoms. The first-order valence-electron chi connectivity index (χ1n) is 16.2. The number of nitrogens with zero attached hydrogens (tertiary/aromatic N) is 1. The number of benzene rings is 1. The van der Waals surface area contributed by atoms with Crippen molar-refractivity contribution in [3.63, 3.8) is 0 Å². The number of esters is 1. The number of Topliss-reactive ketones (excluding diaryl/α,β-unsaturated/α-hetero) is 1. The lowest BCUT2D eigenvalue weighted by atomic mass is 9.84. The number of hydrogen-bond donors (Lipinski definition) is 4. The first kappa shape index (κ1) is 36.5. The Labute approximate surface area is 271 Å². The molecule has 5 N–H and O–H groups in total. The number of nitrogens with one attached hydrogen (secondary N) is 3. The van der Waals surface area contributed by atoms with Crippen LogP contribution < -0.4 is 21.7 Å². The van der Waals surface area contributed by atoms with E-state index in [1.165, 1.54) is 4.90 Å². The molecule has 12 nitrogen and oxygen atoms in total. The molecule has 1 aliphatic carbocycles. The van der Waals surface area contributed by atoms with Gasteiger partial charge in [0.1, 0.15) is 24.7 Å². The average molecular weight is 642 g/mol. The lowest BCUT2D eigenvalue weighted by Crippen LogP contribution is -2.62. The van der Waals surface area contributed by atoms with Crippen LogP contribution in [-0.2, 0) is 35.3 Å². The molecular formula is C34H51N5O7. The van der Waals surface area contributed by atoms with Crippen LogP contribution in [0.2, 0.25) is 0 Å². The maximum absolute atomic E-state index is 14.2. The Morgan fingerprint density at radius 2 is 1.57 bits per heavy atom. The Morgan fingerprint density at radius 3 is 2.09 bits per heavy atom. The smallest absolute Gasteiger partial charge is 0.329 e. The molecule has 12 heteroatoms. The Kier molecular flexibility index (Phi) is 12.3. The summed E-state index contributed by atoms with van der Waals surface area (Å²) < 4.78 is 5.47. The number of ketones is 1. The number of primary amides is 1. The topological polar surface area (TPSA) is 177 Å². The van der Waals surface area contributed by atoms with Crippen LogP contribution in [0, 0.1) is 29.1 Å². The van der Waals surface area contributed by atoms with Crippen LogP contribution in [-0.4, -0.2) is 71.1 Å². The van der Waals surface area contributed by atoms with Crippen LogP contribution in [0.5, 0.6) is 0 Å². The number of amides is 5. The Bertz CT molecular complexity index is 1270. The third kappa shape index (κ3) is 9.77. The summed E-state index contributed by atoms with van der Waals surface area (Å²) in [4.78, 5) is 80.1. The van der Waals surface area contributed by atoms with Gasteiger partial charge in [-0.05, 0) is 47.5 Å². The van der Waals surface area contributed by atoms with Gasteiger partial charge in [0.05, 0.1) is 6.04 Å². The van der Waals surface area contributed by atoms with Crippen molar-refractivity contribution in [2.75, 3.05) is 6.54 Å². The van der Waals surface area contributed by atoms with Crippen molar-refractivity contribution in [2.24, 2.45) is 34.8 Å². The second kappa shape index (κ2) is 15.6. The van der Waals surface area contributed by atoms with E-state index in [0.29, 0.717) is 12.8 Å². The molecule has 2 unspecified atom stereocenters. The Balaban J connectivity index is 1.77. The molecule has 5 atom stereocenters. The van der Waals surface area contributed by atoms with Gasteiger partial charge in [-0.1, -0.05) is 91.6 Å². The molecule has 1 saturated carbocycles. The molecule has 5 amide bonds. The predicted octanol–water partition coefficient (Wildman–Crippen LogP) is 2.68. The van der Waals surface area contributed by atoms with E-state index in [2.05, 4.69) is 16.0 Å². The monoisotopic (exact) mass is 641 g/mol. The summed E-state index contributed by atoms with van der Waals surface area (Å²) in [5, 5.41) is 8.18. The fourth-order valence-corrected chi connectivity index (χ4v) is 5.89. The van der Waals surface area contributed by atoms with Crippen LogP contribution in [0.1, 0.15) is 79.7 Å². The maximum Gasteiger partial charge on any atom is 0.329 e. The number of rotatable bonds is 14. The molecular weight excluding hydrogens is 590 g/mol. The van der Waals surface area contributed by atoms with Crippen molar-refractivity contribution in [2.45, 2.75) is 105 Å². The average Bonchev–Trinajstić information content (AvgIpc) is 3.68. The van der Waals surface area contributed by atoms with Crippen LogP contribution in [0.3, 0.4) is 0 Å². The Hall–Kier alpha value is -3.96. The number of nitrogens with two attached hydrogens (primary N) is 1. The molecule has 3 rings (SSSR count). The van der Waals surface area contributed by atoms with Crippen molar-refractivity contribution in [1.82, 2.24) is 20.9 Å². The maximum atomic E-state index is 14.2. The quantitative estimate of drug-likeness (QED) is 0.178. The van der Waals surface area contributed by atoms with Gasteiger partial charge < -0.3 is 31.3 Å². The van der Waals surface area contributed by atoms with Crippen LogP contribution >= 0.6 is 0 Å². The van der Waals surface area contributed by atoms with E-state index in [1.54, 1.807) is 34.6 Å². The van der Waals surface area contributed by atoms with E-state index < -0.39 is 65.1 Å². The molecule has 2 fully saturated rings. The zero-order valence-corrected chi connectivity index (χ0v) is 28.1. The molecule has 1 aromatic carbocycles. The molecule has 254 valence electrons. The van der Waals surface area contributed by atoms with E-state index in [4.69, 9.17) is 10.5 Å². The summed E-state index contributed by atoms with van der Waals surface area (Å²) >= 11 is 0. The van der Waals surface area contributed by atoms with Gasteiger partial charge in [0.2, 0.25) is 17.6 Å². The third-order valence-corrected chi connectivity index (χ3v) is 8.81. The van der Waals surface area contributed by atoms with E-state index in [1.807, 2.05) is 44.2 Å². The number of hydrogen-bond acceptors (Lipinski definition) is 7. The lowest BCUT2D eigenvalue weighted by molar-refractivity contribution is -0.148. The zero-order valence-electron chi connectivity index (χ0n) is 28.1. The highest BCUT2D eigenvalue weighted by Gasteiger charge is 2.48. The van der Waals surface area contributed by atoms with Crippen molar-refractivity contribution < 1.29 is 33.5 Å². The van der Waals surface area contributed by atoms with E-state index >= 15 is 0 Å². The van der Waals surface area contributed by atoms with Crippen LogP contribution in [0.4, 0.5) is 4.79 Å². The largest absolute Gasteiger partial charge is 0.459 e. The van der Waals surface area contributed by atoms with Gasteiger partial charge in [0.25, 0.3) is 5.91 Å². The van der Waals surface area contributed by atoms with Crippen LogP contribution in [0.25, 0.3) is 0 Å². The third-order valence-electron chi connectivity index (χ3n) is 8.81. The van der Waals surface area contributed by atoms with Crippen molar-refractivity contribution in [1.29, 1.82) is 0 Å². The molecule has 1 saturated heterocycles. The van der Waals surface area contributed by atoms with Gasteiger partial charge in [0.15, 0.2) is 0 Å². The zero-order chi connectivity index (χ0) is 34.3. The fourth-order valence-electron chi connectivity index (χ4n) is 5.89. The van der Waals surface area contributed by atoms with Gasteiger partial charge in [0, 0.05) is 6.54 Å². The normalized spacial score (nSPS) is 20.1. The first-order valence-corrected chi connectivity index (χ1v) is 16.2. The molecule has 2 aliphatic rings. The summed E-state index contributed by atoms with van der Waals surface area (Å²) in [6, 6.07) is 4.47. The minimum atomic E-state index is -1.11. The van der Waals surface area contributed by atoms with Gasteiger partial charge in [-0.2, -0.15) is 0 Å². The lowest BCUT2D eigenvalue weighted by Gasteiger charge is -2.37. The van der Waals surface area contributed by atoms with Crippen LogP contribution in [0.15, 0.2) is 30.3 Å². The second-order valence-electron chi connectivity index (χ2n) is 14.4. The highest BCUT2D eigenvalue weighted by molar-refractivity contribution is 6.37. The summed E-state index contributed by atoms with van der Waals surface area (Å²) in [5.41, 5.74) is 5.32. The van der Waals surface area contributed by atoms with Crippen molar-refractivity contribution >= 4 is 35.5 Å². The summed E-state index contributed by atoms with van der Waals surface area (Å²) in [5.74, 6) is -3.82. The molecule has 0 radical (unpaired) electrons. The SMILES string of the molecule is CC(C)C1CCN(C(=O)[C@@H](NC(=O)N[C@H](C(=O)OCc2ccccc2)C(C)C)C(C)(C)C)[C@@H]1C(=O)NC(CC1CC1)C(=O)C(N)=O. The van der Waals surface area contributed by atoms with E-state index in [9.17, 15) is 28.8 Å². The molecule has 1 aromatic rings. The minimum absolute atomic E-state index is 0.0281. The number of carbonyl (C=O) groups excluding carboxylic acids is 6. The summed E-state index contributed by atoms with van der Waals surface area (Å²) in [6.45, 7) is 13.2. The second-order valence-corrected chi connectivity index (χ2v) is 14.4.